The van der Waals surface area contributed by atoms with Crippen molar-refractivity contribution in [3.05, 3.63) is 29.8 Å². The van der Waals surface area contributed by atoms with E-state index in [9.17, 15) is 13.2 Å². The third-order valence-electron chi connectivity index (χ3n) is 3.39. The average molecular weight is 313 g/mol. The molecule has 1 aromatic rings. The molecule has 6 nitrogen and oxygen atoms in total. The second-order valence-corrected chi connectivity index (χ2v) is 7.05. The molecule has 2 atom stereocenters. The number of rotatable bonds is 5. The highest BCUT2D eigenvalue weighted by molar-refractivity contribution is 7.89. The van der Waals surface area contributed by atoms with Crippen LogP contribution in [0.3, 0.4) is 0 Å². The molecule has 2 unspecified atom stereocenters. The van der Waals surface area contributed by atoms with E-state index >= 15 is 0 Å². The zero-order valence-corrected chi connectivity index (χ0v) is 13.6. The maximum Gasteiger partial charge on any atom is 0.315 e. The van der Waals surface area contributed by atoms with Gasteiger partial charge in [0.05, 0.1) is 10.9 Å². The number of amides is 2. The molecule has 0 saturated heterocycles. The highest BCUT2D eigenvalue weighted by Crippen LogP contribution is 2.16. The van der Waals surface area contributed by atoms with Gasteiger partial charge in [0, 0.05) is 6.04 Å². The number of urea groups is 1. The topological polar surface area (TPSA) is 101 Å². The van der Waals surface area contributed by atoms with E-state index in [1.807, 2.05) is 20.8 Å². The molecular weight excluding hydrogens is 290 g/mol. The first kappa shape index (κ1) is 17.5. The fraction of sp³-hybridized carbons (Fsp3) is 0.500. The van der Waals surface area contributed by atoms with Gasteiger partial charge in [-0.15, -0.1) is 0 Å². The molecule has 0 heterocycles. The van der Waals surface area contributed by atoms with E-state index in [0.717, 1.165) is 0 Å². The Morgan fingerprint density at radius 2 is 1.76 bits per heavy atom. The van der Waals surface area contributed by atoms with Gasteiger partial charge in [0.25, 0.3) is 0 Å². The van der Waals surface area contributed by atoms with Crippen LogP contribution in [0.4, 0.5) is 4.79 Å². The van der Waals surface area contributed by atoms with Crippen LogP contribution in [0.5, 0.6) is 0 Å². The third-order valence-corrected chi connectivity index (χ3v) is 4.30. The molecule has 118 valence electrons. The standard InChI is InChI=1S/C14H23N3O3S/c1-9(2)10(3)16-14(18)17-11(4)12-6-5-7-13(8-12)21(15,19)20/h5-11H,1-4H3,(H2,15,19,20)(H2,16,17,18). The summed E-state index contributed by atoms with van der Waals surface area (Å²) in [6.45, 7) is 7.74. The van der Waals surface area contributed by atoms with Gasteiger partial charge in [-0.2, -0.15) is 0 Å². The van der Waals surface area contributed by atoms with Crippen molar-refractivity contribution in [2.24, 2.45) is 11.1 Å². The Morgan fingerprint density at radius 1 is 1.14 bits per heavy atom. The minimum atomic E-state index is -3.75. The Labute approximate surface area is 126 Å². The summed E-state index contributed by atoms with van der Waals surface area (Å²) in [7, 11) is -3.75. The van der Waals surface area contributed by atoms with Crippen molar-refractivity contribution in [3.8, 4) is 0 Å². The number of nitrogens with one attached hydrogen (secondary N) is 2. The quantitative estimate of drug-likeness (QED) is 0.771. The normalized spacial score (nSPS) is 14.6. The van der Waals surface area contributed by atoms with Crippen molar-refractivity contribution in [3.63, 3.8) is 0 Å². The summed E-state index contributed by atoms with van der Waals surface area (Å²) in [6.07, 6.45) is 0. The van der Waals surface area contributed by atoms with E-state index in [0.29, 0.717) is 11.5 Å². The molecule has 0 bridgehead atoms. The van der Waals surface area contributed by atoms with Crippen LogP contribution in [0, 0.1) is 5.92 Å². The minimum Gasteiger partial charge on any atom is -0.335 e. The molecule has 0 radical (unpaired) electrons. The summed E-state index contributed by atoms with van der Waals surface area (Å²) in [5.41, 5.74) is 0.675. The van der Waals surface area contributed by atoms with E-state index in [1.54, 1.807) is 19.1 Å². The fourth-order valence-electron chi connectivity index (χ4n) is 1.66. The predicted octanol–water partition coefficient (Wildman–Crippen LogP) is 1.74. The first-order chi connectivity index (χ1) is 9.61. The maximum absolute atomic E-state index is 11.9. The first-order valence-corrected chi connectivity index (χ1v) is 8.35. The number of nitrogens with two attached hydrogens (primary N) is 1. The second kappa shape index (κ2) is 6.91. The Bertz CT molecular complexity index is 599. The van der Waals surface area contributed by atoms with Crippen LogP contribution in [-0.4, -0.2) is 20.5 Å². The van der Waals surface area contributed by atoms with Gasteiger partial charge in [-0.05, 0) is 37.5 Å². The average Bonchev–Trinajstić information content (AvgIpc) is 2.37. The van der Waals surface area contributed by atoms with Crippen LogP contribution in [0.15, 0.2) is 29.2 Å². The van der Waals surface area contributed by atoms with Gasteiger partial charge in [-0.25, -0.2) is 18.4 Å². The molecule has 2 amide bonds. The Morgan fingerprint density at radius 3 is 2.29 bits per heavy atom. The molecule has 1 aromatic carbocycles. The fourth-order valence-corrected chi connectivity index (χ4v) is 2.22. The minimum absolute atomic E-state index is 0.0320. The third kappa shape index (κ3) is 5.35. The van der Waals surface area contributed by atoms with E-state index < -0.39 is 10.0 Å². The summed E-state index contributed by atoms with van der Waals surface area (Å²) >= 11 is 0. The van der Waals surface area contributed by atoms with Crippen LogP contribution in [0.1, 0.15) is 39.3 Å². The van der Waals surface area contributed by atoms with E-state index in [2.05, 4.69) is 10.6 Å². The van der Waals surface area contributed by atoms with Gasteiger partial charge in [0.2, 0.25) is 10.0 Å². The molecule has 0 aliphatic carbocycles. The molecule has 0 fully saturated rings. The lowest BCUT2D eigenvalue weighted by molar-refractivity contribution is 0.231. The molecule has 4 N–H and O–H groups in total. The zero-order chi connectivity index (χ0) is 16.2. The number of carbonyl (C=O) groups is 1. The van der Waals surface area contributed by atoms with Crippen molar-refractivity contribution < 1.29 is 13.2 Å². The lowest BCUT2D eigenvalue weighted by Gasteiger charge is -2.20. The number of primary sulfonamides is 1. The Balaban J connectivity index is 2.76. The van der Waals surface area contributed by atoms with E-state index in [1.165, 1.54) is 12.1 Å². The van der Waals surface area contributed by atoms with Gasteiger partial charge in [0.1, 0.15) is 0 Å². The number of benzene rings is 1. The van der Waals surface area contributed by atoms with Crippen LogP contribution < -0.4 is 15.8 Å². The lowest BCUT2D eigenvalue weighted by atomic mass is 10.1. The second-order valence-electron chi connectivity index (χ2n) is 5.49. The smallest absolute Gasteiger partial charge is 0.315 e. The SMILES string of the molecule is CC(NC(=O)NC(C)C(C)C)c1cccc(S(N)(=O)=O)c1. The molecule has 0 aliphatic heterocycles. The van der Waals surface area contributed by atoms with Crippen LogP contribution in [0.2, 0.25) is 0 Å². The molecular formula is C14H23N3O3S. The molecule has 1 rings (SSSR count). The summed E-state index contributed by atoms with van der Waals surface area (Å²) in [6, 6.07) is 5.66. The van der Waals surface area contributed by atoms with Crippen LogP contribution >= 0.6 is 0 Å². The van der Waals surface area contributed by atoms with Crippen molar-refractivity contribution in [2.45, 2.75) is 44.7 Å². The van der Waals surface area contributed by atoms with Crippen LogP contribution in [0.25, 0.3) is 0 Å². The van der Waals surface area contributed by atoms with Crippen molar-refractivity contribution in [1.29, 1.82) is 0 Å². The first-order valence-electron chi connectivity index (χ1n) is 6.81. The highest BCUT2D eigenvalue weighted by atomic mass is 32.2. The molecule has 0 spiro atoms. The maximum atomic E-state index is 11.9. The van der Waals surface area contributed by atoms with Gasteiger partial charge in [-0.3, -0.25) is 0 Å². The zero-order valence-electron chi connectivity index (χ0n) is 12.8. The van der Waals surface area contributed by atoms with Crippen molar-refractivity contribution >= 4 is 16.1 Å². The summed E-state index contributed by atoms with van der Waals surface area (Å²) in [5.74, 6) is 0.330. The monoisotopic (exact) mass is 313 g/mol. The number of carbonyl (C=O) groups excluding carboxylic acids is 1. The van der Waals surface area contributed by atoms with Gasteiger partial charge in [-0.1, -0.05) is 26.0 Å². The largest absolute Gasteiger partial charge is 0.335 e. The molecule has 0 saturated carbocycles. The molecule has 0 aliphatic rings. The van der Waals surface area contributed by atoms with Gasteiger partial charge >= 0.3 is 6.03 Å². The number of sulfonamides is 1. The highest BCUT2D eigenvalue weighted by Gasteiger charge is 2.15. The predicted molar refractivity (Wildman–Crippen MR) is 82.2 cm³/mol. The van der Waals surface area contributed by atoms with E-state index in [4.69, 9.17) is 5.14 Å². The van der Waals surface area contributed by atoms with Gasteiger partial charge in [0.15, 0.2) is 0 Å². The van der Waals surface area contributed by atoms with E-state index in [-0.39, 0.29) is 23.0 Å². The van der Waals surface area contributed by atoms with Crippen molar-refractivity contribution in [1.82, 2.24) is 10.6 Å². The summed E-state index contributed by atoms with van der Waals surface area (Å²) in [4.78, 5) is 11.9. The number of hydrogen-bond acceptors (Lipinski definition) is 3. The summed E-state index contributed by atoms with van der Waals surface area (Å²) in [5, 5.41) is 10.7. The Kier molecular flexibility index (Phi) is 5.74. The Hall–Kier alpha value is -1.60. The molecule has 21 heavy (non-hydrogen) atoms. The molecule has 0 aromatic heterocycles. The van der Waals surface area contributed by atoms with Crippen LogP contribution in [-0.2, 0) is 10.0 Å². The number of hydrogen-bond donors (Lipinski definition) is 3. The lowest BCUT2D eigenvalue weighted by Crippen LogP contribution is -2.43. The van der Waals surface area contributed by atoms with Crippen molar-refractivity contribution in [2.75, 3.05) is 0 Å². The molecule has 7 heteroatoms. The van der Waals surface area contributed by atoms with Gasteiger partial charge < -0.3 is 10.6 Å². The summed E-state index contributed by atoms with van der Waals surface area (Å²) < 4.78 is 22.7.